The zero-order valence-electron chi connectivity index (χ0n) is 23.9. The van der Waals surface area contributed by atoms with Gasteiger partial charge >= 0.3 is 0 Å². The zero-order chi connectivity index (χ0) is 29.2. The van der Waals surface area contributed by atoms with Gasteiger partial charge in [-0.1, -0.05) is 36.8 Å². The number of para-hydroxylation sites is 1. The van der Waals surface area contributed by atoms with Crippen molar-refractivity contribution in [1.29, 1.82) is 0 Å². The van der Waals surface area contributed by atoms with Crippen molar-refractivity contribution in [2.75, 3.05) is 39.0 Å². The van der Waals surface area contributed by atoms with Crippen molar-refractivity contribution in [1.82, 2.24) is 24.3 Å². The van der Waals surface area contributed by atoms with E-state index >= 15 is 0 Å². The molecule has 2 fully saturated rings. The third-order valence-electron chi connectivity index (χ3n) is 8.19. The van der Waals surface area contributed by atoms with E-state index in [0.29, 0.717) is 23.4 Å². The summed E-state index contributed by atoms with van der Waals surface area (Å²) in [4.78, 5) is 25.1. The summed E-state index contributed by atoms with van der Waals surface area (Å²) in [5.74, 6) is 9.60. The van der Waals surface area contributed by atoms with Crippen molar-refractivity contribution in [3.8, 4) is 40.2 Å². The number of fused-ring (bicyclic) bond motifs is 1. The summed E-state index contributed by atoms with van der Waals surface area (Å²) in [6.07, 6.45) is 4.85. The molecule has 0 unspecified atom stereocenters. The summed E-state index contributed by atoms with van der Waals surface area (Å²) in [5.41, 5.74) is 9.72. The van der Waals surface area contributed by atoms with Crippen LogP contribution >= 0.6 is 0 Å². The first kappa shape index (κ1) is 27.4. The Labute approximate surface area is 245 Å². The van der Waals surface area contributed by atoms with Gasteiger partial charge in [0.25, 0.3) is 0 Å². The number of piperidine rings is 1. The second-order valence-corrected chi connectivity index (χ2v) is 10.7. The first-order chi connectivity index (χ1) is 20.5. The van der Waals surface area contributed by atoms with Crippen LogP contribution < -0.4 is 15.2 Å². The number of hydrogen-bond donors (Lipinski definition) is 1. The summed E-state index contributed by atoms with van der Waals surface area (Å²) in [6.45, 7) is 7.02. The van der Waals surface area contributed by atoms with Gasteiger partial charge < -0.3 is 24.7 Å². The molecule has 1 amide bonds. The van der Waals surface area contributed by atoms with E-state index in [1.165, 1.54) is 12.4 Å². The fraction of sp³-hybridized carbons (Fsp3) is 0.303. The second-order valence-electron chi connectivity index (χ2n) is 10.7. The SMILES string of the molecule is C=CC(=O)N1CCC(N2CC(C#Cc3c(-c4ccc(Oc5ccccc5)c(OC)c4)c4c(N)ncnc4n3C)C2)CC1. The summed E-state index contributed by atoms with van der Waals surface area (Å²) >= 11 is 0. The van der Waals surface area contributed by atoms with Crippen LogP contribution in [0.2, 0.25) is 0 Å². The number of aryl methyl sites for hydroxylation is 1. The lowest BCUT2D eigenvalue weighted by Gasteiger charge is -2.45. The maximum absolute atomic E-state index is 11.9. The van der Waals surface area contributed by atoms with E-state index in [1.807, 2.05) is 65.0 Å². The molecule has 0 bridgehead atoms. The lowest BCUT2D eigenvalue weighted by atomic mass is 9.93. The van der Waals surface area contributed by atoms with Crippen LogP contribution in [0, 0.1) is 17.8 Å². The smallest absolute Gasteiger partial charge is 0.245 e. The molecule has 2 aromatic heterocycles. The number of nitrogen functional groups attached to an aromatic ring is 1. The number of nitrogens with two attached hydrogens (primary N) is 1. The van der Waals surface area contributed by atoms with Crippen molar-refractivity contribution in [2.24, 2.45) is 13.0 Å². The molecule has 4 heterocycles. The Balaban J connectivity index is 1.26. The summed E-state index contributed by atoms with van der Waals surface area (Å²) < 4.78 is 13.8. The number of benzene rings is 2. The standard InChI is InChI=1S/C33H34N6O3/c1-4-29(40)38-16-14-24(15-17-38)39-19-22(20-39)10-12-26-30(31-32(34)35-21-36-33(31)37(26)2)23-11-13-27(28(18-23)41-3)42-25-8-6-5-7-9-25/h4-9,11,13,18,21-22,24H,1,14-17,19-20H2,2-3H3,(H2,34,35,36). The van der Waals surface area contributed by atoms with Crippen LogP contribution in [-0.4, -0.2) is 69.6 Å². The predicted octanol–water partition coefficient (Wildman–Crippen LogP) is 4.48. The molecule has 2 aliphatic heterocycles. The molecule has 9 heteroatoms. The molecule has 0 atom stereocenters. The number of nitrogens with zero attached hydrogens (tertiary/aromatic N) is 5. The van der Waals surface area contributed by atoms with Crippen molar-refractivity contribution in [3.63, 3.8) is 0 Å². The van der Waals surface area contributed by atoms with Crippen molar-refractivity contribution in [3.05, 3.63) is 73.2 Å². The molecule has 0 saturated carbocycles. The minimum absolute atomic E-state index is 0.0212. The van der Waals surface area contributed by atoms with Crippen LogP contribution in [0.3, 0.4) is 0 Å². The van der Waals surface area contributed by atoms with Crippen molar-refractivity contribution >= 4 is 22.8 Å². The van der Waals surface area contributed by atoms with Gasteiger partial charge in [0.2, 0.25) is 5.91 Å². The first-order valence-corrected chi connectivity index (χ1v) is 14.1. The third-order valence-corrected chi connectivity index (χ3v) is 8.19. The summed E-state index contributed by atoms with van der Waals surface area (Å²) in [7, 11) is 3.58. The number of methoxy groups -OCH3 is 1. The molecule has 0 spiro atoms. The Bertz CT molecular complexity index is 1690. The molecule has 2 aromatic carbocycles. The molecule has 4 aromatic rings. The Kier molecular flexibility index (Phi) is 7.55. The van der Waals surface area contributed by atoms with Crippen molar-refractivity contribution in [2.45, 2.75) is 18.9 Å². The minimum Gasteiger partial charge on any atom is -0.493 e. The van der Waals surface area contributed by atoms with E-state index in [2.05, 4.69) is 33.3 Å². The number of rotatable bonds is 6. The van der Waals surface area contributed by atoms with Gasteiger partial charge in [-0.2, -0.15) is 0 Å². The van der Waals surface area contributed by atoms with E-state index in [9.17, 15) is 4.79 Å². The van der Waals surface area contributed by atoms with Crippen LogP contribution in [0.5, 0.6) is 17.2 Å². The highest BCUT2D eigenvalue weighted by molar-refractivity contribution is 6.03. The van der Waals surface area contributed by atoms with Gasteiger partial charge in [0, 0.05) is 50.7 Å². The Hall–Kier alpha value is -4.81. The number of amides is 1. The number of ether oxygens (including phenoxy) is 2. The molecule has 2 aliphatic rings. The number of aromatic nitrogens is 3. The number of likely N-dealkylation sites (tertiary alicyclic amines) is 2. The molecule has 0 aliphatic carbocycles. The lowest BCUT2D eigenvalue weighted by molar-refractivity contribution is -0.127. The Morgan fingerprint density at radius 1 is 1.10 bits per heavy atom. The van der Waals surface area contributed by atoms with Crippen LogP contribution in [0.15, 0.2) is 67.5 Å². The van der Waals surface area contributed by atoms with Gasteiger partial charge in [0.15, 0.2) is 11.5 Å². The molecule has 2 N–H and O–H groups in total. The largest absolute Gasteiger partial charge is 0.493 e. The van der Waals surface area contributed by atoms with E-state index in [4.69, 9.17) is 15.2 Å². The summed E-state index contributed by atoms with van der Waals surface area (Å²) in [6, 6.07) is 15.9. The van der Waals surface area contributed by atoms with Crippen molar-refractivity contribution < 1.29 is 14.3 Å². The molecule has 42 heavy (non-hydrogen) atoms. The van der Waals surface area contributed by atoms with Gasteiger partial charge in [0.1, 0.15) is 29.2 Å². The number of carbonyl (C=O) groups excluding carboxylic acids is 1. The van der Waals surface area contributed by atoms with Gasteiger partial charge in [-0.05, 0) is 54.7 Å². The van der Waals surface area contributed by atoms with E-state index in [1.54, 1.807) is 7.11 Å². The highest BCUT2D eigenvalue weighted by atomic mass is 16.5. The molecule has 214 valence electrons. The average Bonchev–Trinajstić information content (AvgIpc) is 3.29. The van der Waals surface area contributed by atoms with Gasteiger partial charge in [-0.15, -0.1) is 0 Å². The third kappa shape index (κ3) is 5.17. The lowest BCUT2D eigenvalue weighted by Crippen LogP contribution is -2.55. The Morgan fingerprint density at radius 2 is 1.86 bits per heavy atom. The fourth-order valence-corrected chi connectivity index (χ4v) is 5.88. The van der Waals surface area contributed by atoms with E-state index < -0.39 is 0 Å². The van der Waals surface area contributed by atoms with E-state index in [0.717, 1.165) is 72.6 Å². The monoisotopic (exact) mass is 562 g/mol. The highest BCUT2D eigenvalue weighted by Gasteiger charge is 2.34. The maximum atomic E-state index is 11.9. The molecular weight excluding hydrogens is 528 g/mol. The minimum atomic E-state index is 0.0212. The molecule has 6 rings (SSSR count). The van der Waals surface area contributed by atoms with Gasteiger partial charge in [-0.3, -0.25) is 9.69 Å². The molecule has 0 radical (unpaired) electrons. The van der Waals surface area contributed by atoms with E-state index in [-0.39, 0.29) is 11.8 Å². The maximum Gasteiger partial charge on any atom is 0.245 e. The van der Waals surface area contributed by atoms with Gasteiger partial charge in [-0.25, -0.2) is 9.97 Å². The molecule has 9 nitrogen and oxygen atoms in total. The second kappa shape index (κ2) is 11.6. The summed E-state index contributed by atoms with van der Waals surface area (Å²) in [5, 5.41) is 0.763. The fourth-order valence-electron chi connectivity index (χ4n) is 5.88. The number of anilines is 1. The zero-order valence-corrected chi connectivity index (χ0v) is 23.9. The molecule has 2 saturated heterocycles. The Morgan fingerprint density at radius 3 is 2.57 bits per heavy atom. The normalized spacial score (nSPS) is 16.0. The van der Waals surface area contributed by atoms with Crippen LogP contribution in [-0.2, 0) is 11.8 Å². The number of hydrogen-bond acceptors (Lipinski definition) is 7. The van der Waals surface area contributed by atoms with Crippen LogP contribution in [0.25, 0.3) is 22.2 Å². The topological polar surface area (TPSA) is 98.7 Å². The van der Waals surface area contributed by atoms with Crippen LogP contribution in [0.1, 0.15) is 18.5 Å². The van der Waals surface area contributed by atoms with Gasteiger partial charge in [0.05, 0.1) is 12.5 Å². The molecular formula is C33H34N6O3. The number of carbonyl (C=O) groups is 1. The average molecular weight is 563 g/mol. The van der Waals surface area contributed by atoms with Crippen LogP contribution in [0.4, 0.5) is 5.82 Å². The first-order valence-electron chi connectivity index (χ1n) is 14.1. The quantitative estimate of drug-likeness (QED) is 0.273. The predicted molar refractivity (Wildman–Crippen MR) is 163 cm³/mol. The highest BCUT2D eigenvalue weighted by Crippen LogP contribution is 2.41.